The quantitative estimate of drug-likeness (QED) is 0.812. The molecule has 0 aromatic heterocycles. The van der Waals surface area contributed by atoms with Crippen LogP contribution in [0.25, 0.3) is 0 Å². The molecule has 0 amide bonds. The molecule has 104 valence electrons. The van der Waals surface area contributed by atoms with Gasteiger partial charge in [-0.1, -0.05) is 33.1 Å². The molecular formula is C16H29NO. The smallest absolute Gasteiger partial charge is 0.0840 e. The zero-order valence-electron chi connectivity index (χ0n) is 12.1. The Hall–Kier alpha value is -0.0800. The summed E-state index contributed by atoms with van der Waals surface area (Å²) in [6.45, 7) is 6.80. The van der Waals surface area contributed by atoms with Crippen molar-refractivity contribution in [3.8, 4) is 0 Å². The minimum atomic E-state index is 0.172. The zero-order valence-corrected chi connectivity index (χ0v) is 12.1. The highest BCUT2D eigenvalue weighted by Gasteiger charge is 2.47. The van der Waals surface area contributed by atoms with E-state index in [2.05, 4.69) is 19.2 Å². The SMILES string of the molecule is CC1CC(C)CC2(C1)OCCNC2CC1CCC1. The van der Waals surface area contributed by atoms with Gasteiger partial charge >= 0.3 is 0 Å². The van der Waals surface area contributed by atoms with Crippen molar-refractivity contribution in [3.63, 3.8) is 0 Å². The molecule has 0 aromatic rings. The maximum atomic E-state index is 6.37. The van der Waals surface area contributed by atoms with Crippen LogP contribution in [0.3, 0.4) is 0 Å². The van der Waals surface area contributed by atoms with Crippen LogP contribution < -0.4 is 5.32 Å². The minimum absolute atomic E-state index is 0.172. The van der Waals surface area contributed by atoms with E-state index in [0.29, 0.717) is 6.04 Å². The largest absolute Gasteiger partial charge is 0.372 e. The summed E-state index contributed by atoms with van der Waals surface area (Å²) in [7, 11) is 0. The number of ether oxygens (including phenoxy) is 1. The van der Waals surface area contributed by atoms with Crippen LogP contribution in [0.15, 0.2) is 0 Å². The monoisotopic (exact) mass is 251 g/mol. The van der Waals surface area contributed by atoms with Gasteiger partial charge in [-0.05, 0) is 43.4 Å². The molecule has 2 nitrogen and oxygen atoms in total. The van der Waals surface area contributed by atoms with Crippen LogP contribution in [-0.2, 0) is 4.74 Å². The number of hydrogen-bond donors (Lipinski definition) is 1. The van der Waals surface area contributed by atoms with Crippen molar-refractivity contribution in [1.82, 2.24) is 5.32 Å². The van der Waals surface area contributed by atoms with Gasteiger partial charge in [-0.25, -0.2) is 0 Å². The predicted molar refractivity (Wildman–Crippen MR) is 74.6 cm³/mol. The number of hydrogen-bond acceptors (Lipinski definition) is 2. The third-order valence-corrected chi connectivity index (χ3v) is 5.50. The van der Waals surface area contributed by atoms with Crippen LogP contribution in [0.1, 0.15) is 58.8 Å². The fourth-order valence-corrected chi connectivity index (χ4v) is 4.65. The van der Waals surface area contributed by atoms with E-state index in [1.165, 1.54) is 44.9 Å². The molecule has 0 bridgehead atoms. The Morgan fingerprint density at radius 3 is 2.50 bits per heavy atom. The lowest BCUT2D eigenvalue weighted by Crippen LogP contribution is -2.61. The van der Waals surface area contributed by atoms with Crippen LogP contribution in [0.5, 0.6) is 0 Å². The van der Waals surface area contributed by atoms with Gasteiger partial charge in [0.25, 0.3) is 0 Å². The number of nitrogens with one attached hydrogen (secondary N) is 1. The topological polar surface area (TPSA) is 21.3 Å². The molecule has 3 rings (SSSR count). The fourth-order valence-electron chi connectivity index (χ4n) is 4.65. The van der Waals surface area contributed by atoms with Gasteiger partial charge in [0.05, 0.1) is 12.2 Å². The molecule has 3 fully saturated rings. The molecule has 1 saturated heterocycles. The van der Waals surface area contributed by atoms with Crippen LogP contribution in [0.2, 0.25) is 0 Å². The van der Waals surface area contributed by atoms with Gasteiger partial charge in [-0.2, -0.15) is 0 Å². The molecule has 1 spiro atoms. The third kappa shape index (κ3) is 2.46. The maximum Gasteiger partial charge on any atom is 0.0840 e. The van der Waals surface area contributed by atoms with E-state index in [-0.39, 0.29) is 5.60 Å². The Morgan fingerprint density at radius 2 is 1.89 bits per heavy atom. The van der Waals surface area contributed by atoms with E-state index in [1.807, 2.05) is 0 Å². The van der Waals surface area contributed by atoms with Gasteiger partial charge in [-0.15, -0.1) is 0 Å². The summed E-state index contributed by atoms with van der Waals surface area (Å²) in [4.78, 5) is 0. The lowest BCUT2D eigenvalue weighted by molar-refractivity contribution is -0.141. The Bertz CT molecular complexity index is 277. The summed E-state index contributed by atoms with van der Waals surface area (Å²) < 4.78 is 6.37. The van der Waals surface area contributed by atoms with E-state index in [4.69, 9.17) is 4.74 Å². The maximum absolute atomic E-state index is 6.37. The highest BCUT2D eigenvalue weighted by atomic mass is 16.5. The molecule has 1 N–H and O–H groups in total. The summed E-state index contributed by atoms with van der Waals surface area (Å²) in [5.74, 6) is 2.64. The average Bonchev–Trinajstić information content (AvgIpc) is 2.24. The number of morpholine rings is 1. The third-order valence-electron chi connectivity index (χ3n) is 5.50. The molecule has 18 heavy (non-hydrogen) atoms. The molecule has 0 aromatic carbocycles. The van der Waals surface area contributed by atoms with Crippen LogP contribution in [-0.4, -0.2) is 24.8 Å². The zero-order chi connectivity index (χ0) is 12.6. The highest BCUT2D eigenvalue weighted by Crippen LogP contribution is 2.44. The molecule has 1 aliphatic heterocycles. The Kier molecular flexibility index (Phi) is 3.68. The van der Waals surface area contributed by atoms with Crippen molar-refractivity contribution in [2.45, 2.75) is 70.4 Å². The van der Waals surface area contributed by atoms with E-state index < -0.39 is 0 Å². The molecule has 1 heterocycles. The van der Waals surface area contributed by atoms with E-state index >= 15 is 0 Å². The summed E-state index contributed by atoms with van der Waals surface area (Å²) in [5, 5.41) is 3.79. The van der Waals surface area contributed by atoms with E-state index in [1.54, 1.807) is 0 Å². The lowest BCUT2D eigenvalue weighted by Gasteiger charge is -2.51. The average molecular weight is 251 g/mol. The Labute approximate surface area is 112 Å². The number of rotatable bonds is 2. The van der Waals surface area contributed by atoms with Crippen molar-refractivity contribution in [2.75, 3.05) is 13.2 Å². The van der Waals surface area contributed by atoms with Gasteiger partial charge < -0.3 is 10.1 Å². The molecular weight excluding hydrogens is 222 g/mol. The predicted octanol–water partition coefficient (Wildman–Crippen LogP) is 3.36. The first-order valence-corrected chi connectivity index (χ1v) is 8.05. The second kappa shape index (κ2) is 5.13. The highest BCUT2D eigenvalue weighted by molar-refractivity contribution is 5.01. The lowest BCUT2D eigenvalue weighted by atomic mass is 9.67. The first-order valence-electron chi connectivity index (χ1n) is 8.05. The van der Waals surface area contributed by atoms with Crippen LogP contribution in [0, 0.1) is 17.8 Å². The normalized spacial score (nSPS) is 46.0. The van der Waals surface area contributed by atoms with Crippen molar-refractivity contribution < 1.29 is 4.74 Å². The van der Waals surface area contributed by atoms with Crippen molar-refractivity contribution in [3.05, 3.63) is 0 Å². The fraction of sp³-hybridized carbons (Fsp3) is 1.00. The molecule has 2 aliphatic carbocycles. The molecule has 0 radical (unpaired) electrons. The Morgan fingerprint density at radius 1 is 1.17 bits per heavy atom. The second-order valence-corrected chi connectivity index (χ2v) is 7.31. The van der Waals surface area contributed by atoms with Gasteiger partial charge in [0.1, 0.15) is 0 Å². The van der Waals surface area contributed by atoms with Crippen molar-refractivity contribution in [1.29, 1.82) is 0 Å². The molecule has 3 aliphatic rings. The first kappa shape index (κ1) is 12.9. The van der Waals surface area contributed by atoms with Crippen molar-refractivity contribution >= 4 is 0 Å². The van der Waals surface area contributed by atoms with Gasteiger partial charge in [-0.3, -0.25) is 0 Å². The summed E-state index contributed by atoms with van der Waals surface area (Å²) in [6, 6.07) is 0.627. The summed E-state index contributed by atoms with van der Waals surface area (Å²) in [5.41, 5.74) is 0.172. The van der Waals surface area contributed by atoms with E-state index in [9.17, 15) is 0 Å². The summed E-state index contributed by atoms with van der Waals surface area (Å²) >= 11 is 0. The van der Waals surface area contributed by atoms with Gasteiger partial charge in [0.15, 0.2) is 0 Å². The molecule has 2 heteroatoms. The second-order valence-electron chi connectivity index (χ2n) is 7.31. The summed E-state index contributed by atoms with van der Waals surface area (Å²) in [6.07, 6.45) is 9.68. The first-order chi connectivity index (χ1) is 8.68. The minimum Gasteiger partial charge on any atom is -0.372 e. The van der Waals surface area contributed by atoms with Gasteiger partial charge in [0.2, 0.25) is 0 Å². The standard InChI is InChI=1S/C16H29NO/c1-12-8-13(2)11-16(10-12)15(17-6-7-18-16)9-14-4-3-5-14/h12-15,17H,3-11H2,1-2H3. The van der Waals surface area contributed by atoms with E-state index in [0.717, 1.165) is 30.9 Å². The van der Waals surface area contributed by atoms with Crippen molar-refractivity contribution in [2.24, 2.45) is 17.8 Å². The Balaban J connectivity index is 1.72. The van der Waals surface area contributed by atoms with Crippen LogP contribution in [0.4, 0.5) is 0 Å². The molecule has 2 saturated carbocycles. The van der Waals surface area contributed by atoms with Crippen LogP contribution >= 0.6 is 0 Å². The van der Waals surface area contributed by atoms with Gasteiger partial charge in [0, 0.05) is 12.6 Å². The molecule has 3 atom stereocenters. The molecule has 3 unspecified atom stereocenters.